The summed E-state index contributed by atoms with van der Waals surface area (Å²) in [7, 11) is 0. The van der Waals surface area contributed by atoms with E-state index in [1.165, 1.54) is 5.56 Å². The van der Waals surface area contributed by atoms with Gasteiger partial charge in [-0.25, -0.2) is 4.98 Å². The number of carbonyl (C=O) groups excluding carboxylic acids is 2. The Morgan fingerprint density at radius 1 is 1.11 bits per heavy atom. The number of anilines is 1. The second-order valence-corrected chi connectivity index (χ2v) is 7.85. The zero-order chi connectivity index (χ0) is 20.3. The first-order valence-electron chi connectivity index (χ1n) is 10.2. The van der Waals surface area contributed by atoms with Crippen molar-refractivity contribution in [1.82, 2.24) is 14.9 Å². The van der Waals surface area contributed by atoms with Crippen LogP contribution in [0.2, 0.25) is 0 Å². The summed E-state index contributed by atoms with van der Waals surface area (Å²) in [4.78, 5) is 30.0. The average molecular weight is 383 g/mol. The Labute approximate surface area is 166 Å². The van der Waals surface area contributed by atoms with Crippen LogP contribution in [0.4, 0.5) is 5.69 Å². The van der Waals surface area contributed by atoms with Gasteiger partial charge in [-0.15, -0.1) is 0 Å². The Hall–Kier alpha value is -2.63. The molecule has 0 spiro atoms. The average Bonchev–Trinajstić information content (AvgIpc) is 3.08. The highest BCUT2D eigenvalue weighted by Gasteiger charge is 2.27. The first-order valence-corrected chi connectivity index (χ1v) is 10.2. The van der Waals surface area contributed by atoms with E-state index in [2.05, 4.69) is 29.5 Å². The largest absolute Gasteiger partial charge is 0.347 e. The molecule has 1 aromatic heterocycles. The number of imidazole rings is 1. The summed E-state index contributed by atoms with van der Waals surface area (Å²) in [5, 5.41) is 5.89. The highest BCUT2D eigenvalue weighted by atomic mass is 16.2. The van der Waals surface area contributed by atoms with Gasteiger partial charge in [-0.3, -0.25) is 9.59 Å². The third kappa shape index (κ3) is 4.26. The Balaban J connectivity index is 1.84. The fourth-order valence-electron chi connectivity index (χ4n) is 3.43. The summed E-state index contributed by atoms with van der Waals surface area (Å²) < 4.78 is 1.91. The minimum atomic E-state index is -0.259. The second-order valence-electron chi connectivity index (χ2n) is 7.85. The van der Waals surface area contributed by atoms with Crippen LogP contribution in [-0.2, 0) is 13.0 Å². The van der Waals surface area contributed by atoms with Gasteiger partial charge in [0.25, 0.3) is 11.8 Å². The minimum Gasteiger partial charge on any atom is -0.347 e. The number of carbonyl (C=O) groups is 2. The molecule has 2 aromatic rings. The third-order valence-corrected chi connectivity index (χ3v) is 5.36. The van der Waals surface area contributed by atoms with Gasteiger partial charge >= 0.3 is 0 Å². The van der Waals surface area contributed by atoms with Crippen molar-refractivity contribution in [3.8, 4) is 0 Å². The maximum Gasteiger partial charge on any atom is 0.287 e. The minimum absolute atomic E-state index is 0.0702. The van der Waals surface area contributed by atoms with Crippen molar-refractivity contribution in [2.24, 2.45) is 0 Å². The number of nitrogens with one attached hydrogen (secondary N) is 2. The zero-order valence-corrected chi connectivity index (χ0v) is 17.2. The van der Waals surface area contributed by atoms with E-state index < -0.39 is 0 Å². The van der Waals surface area contributed by atoms with E-state index in [0.29, 0.717) is 17.4 Å². The number of fused-ring (bicyclic) bond motifs is 1. The first kappa shape index (κ1) is 20.1. The van der Waals surface area contributed by atoms with Crippen LogP contribution in [0.25, 0.3) is 0 Å². The Morgan fingerprint density at radius 3 is 2.46 bits per heavy atom. The smallest absolute Gasteiger partial charge is 0.287 e. The van der Waals surface area contributed by atoms with E-state index in [1.807, 2.05) is 42.7 Å². The monoisotopic (exact) mass is 382 g/mol. The van der Waals surface area contributed by atoms with Crippen LogP contribution < -0.4 is 10.6 Å². The molecule has 0 aliphatic carbocycles. The Kier molecular flexibility index (Phi) is 6.17. The quantitative estimate of drug-likeness (QED) is 0.789. The SMILES string of the molecule is CCC(C)NC(=O)c1nc(C(=O)Nc2ccc(C(C)C)cc2)c2n1CCCC2. The van der Waals surface area contributed by atoms with Crippen molar-refractivity contribution in [2.45, 2.75) is 71.9 Å². The normalized spacial score (nSPS) is 14.5. The summed E-state index contributed by atoms with van der Waals surface area (Å²) in [6.07, 6.45) is 3.60. The lowest BCUT2D eigenvalue weighted by atomic mass is 10.0. The van der Waals surface area contributed by atoms with E-state index in [9.17, 15) is 9.59 Å². The van der Waals surface area contributed by atoms with Crippen molar-refractivity contribution < 1.29 is 9.59 Å². The molecule has 1 aliphatic heterocycles. The fraction of sp³-hybridized carbons (Fsp3) is 0.500. The molecule has 1 aliphatic rings. The summed E-state index contributed by atoms with van der Waals surface area (Å²) in [6.45, 7) is 8.98. The zero-order valence-electron chi connectivity index (χ0n) is 17.2. The van der Waals surface area contributed by atoms with Crippen LogP contribution in [0.15, 0.2) is 24.3 Å². The number of amides is 2. The third-order valence-electron chi connectivity index (χ3n) is 5.36. The Morgan fingerprint density at radius 2 is 1.82 bits per heavy atom. The molecule has 6 nitrogen and oxygen atoms in total. The van der Waals surface area contributed by atoms with Crippen molar-refractivity contribution in [1.29, 1.82) is 0 Å². The van der Waals surface area contributed by atoms with Gasteiger partial charge in [-0.2, -0.15) is 0 Å². The van der Waals surface area contributed by atoms with E-state index >= 15 is 0 Å². The van der Waals surface area contributed by atoms with Gasteiger partial charge in [0.1, 0.15) is 0 Å². The van der Waals surface area contributed by atoms with E-state index in [0.717, 1.165) is 43.6 Å². The first-order chi connectivity index (χ1) is 13.4. The molecule has 28 heavy (non-hydrogen) atoms. The molecule has 3 rings (SSSR count). The molecule has 1 aromatic carbocycles. The van der Waals surface area contributed by atoms with Gasteiger partial charge in [-0.1, -0.05) is 32.9 Å². The molecule has 0 radical (unpaired) electrons. The predicted molar refractivity (Wildman–Crippen MR) is 111 cm³/mol. The molecule has 0 saturated carbocycles. The molecule has 1 unspecified atom stereocenters. The van der Waals surface area contributed by atoms with Crippen LogP contribution in [0.3, 0.4) is 0 Å². The van der Waals surface area contributed by atoms with Crippen molar-refractivity contribution >= 4 is 17.5 Å². The Bertz CT molecular complexity index is 852. The van der Waals surface area contributed by atoms with Crippen LogP contribution in [-0.4, -0.2) is 27.4 Å². The van der Waals surface area contributed by atoms with Gasteiger partial charge in [0.05, 0.1) is 5.69 Å². The van der Waals surface area contributed by atoms with Gasteiger partial charge < -0.3 is 15.2 Å². The highest BCUT2D eigenvalue weighted by molar-refractivity contribution is 6.05. The molecule has 6 heteroatoms. The van der Waals surface area contributed by atoms with Crippen molar-refractivity contribution in [2.75, 3.05) is 5.32 Å². The molecule has 0 bridgehead atoms. The maximum atomic E-state index is 12.9. The number of hydrogen-bond donors (Lipinski definition) is 2. The van der Waals surface area contributed by atoms with Crippen LogP contribution in [0.5, 0.6) is 0 Å². The van der Waals surface area contributed by atoms with Crippen molar-refractivity contribution in [3.63, 3.8) is 0 Å². The van der Waals surface area contributed by atoms with Crippen molar-refractivity contribution in [3.05, 3.63) is 47.0 Å². The second kappa shape index (κ2) is 8.59. The number of hydrogen-bond acceptors (Lipinski definition) is 3. The van der Waals surface area contributed by atoms with Crippen LogP contribution in [0.1, 0.15) is 85.2 Å². The van der Waals surface area contributed by atoms with E-state index in [4.69, 9.17) is 0 Å². The summed E-state index contributed by atoms with van der Waals surface area (Å²) in [6, 6.07) is 7.93. The number of rotatable bonds is 6. The van der Waals surface area contributed by atoms with Gasteiger partial charge in [-0.05, 0) is 56.2 Å². The molecule has 0 saturated heterocycles. The molecular weight excluding hydrogens is 352 g/mol. The van der Waals surface area contributed by atoms with Gasteiger partial charge in [0, 0.05) is 18.3 Å². The maximum absolute atomic E-state index is 12.9. The predicted octanol–water partition coefficient (Wildman–Crippen LogP) is 4.12. The number of benzene rings is 1. The molecule has 2 heterocycles. The lowest BCUT2D eigenvalue weighted by Gasteiger charge is -2.18. The fourth-order valence-corrected chi connectivity index (χ4v) is 3.43. The molecule has 0 fully saturated rings. The van der Waals surface area contributed by atoms with Crippen LogP contribution in [0, 0.1) is 0 Å². The number of aromatic nitrogens is 2. The van der Waals surface area contributed by atoms with E-state index in [1.54, 1.807) is 0 Å². The standard InChI is InChI=1S/C22H30N4O2/c1-5-15(4)23-22(28)20-25-19(18-8-6-7-13-26(18)20)21(27)24-17-11-9-16(10-12-17)14(2)3/h9-12,14-15H,5-8,13H2,1-4H3,(H,23,28)(H,24,27). The molecule has 1 atom stereocenters. The molecule has 2 amide bonds. The lowest BCUT2D eigenvalue weighted by Crippen LogP contribution is -2.34. The summed E-state index contributed by atoms with van der Waals surface area (Å²) in [5.74, 6) is 0.315. The molecule has 150 valence electrons. The number of nitrogens with zero attached hydrogens (tertiary/aromatic N) is 2. The van der Waals surface area contributed by atoms with Gasteiger partial charge in [0.2, 0.25) is 0 Å². The van der Waals surface area contributed by atoms with E-state index in [-0.39, 0.29) is 17.9 Å². The van der Waals surface area contributed by atoms with Gasteiger partial charge in [0.15, 0.2) is 11.5 Å². The topological polar surface area (TPSA) is 76.0 Å². The molecular formula is C22H30N4O2. The summed E-state index contributed by atoms with van der Waals surface area (Å²) >= 11 is 0. The molecule has 2 N–H and O–H groups in total. The van der Waals surface area contributed by atoms with Crippen LogP contribution >= 0.6 is 0 Å². The summed E-state index contributed by atoms with van der Waals surface area (Å²) in [5.41, 5.74) is 3.18. The lowest BCUT2D eigenvalue weighted by molar-refractivity contribution is 0.0923. The highest BCUT2D eigenvalue weighted by Crippen LogP contribution is 2.23.